The predicted molar refractivity (Wildman–Crippen MR) is 65.9 cm³/mol. The van der Waals surface area contributed by atoms with Gasteiger partial charge in [0.25, 0.3) is 5.91 Å². The van der Waals surface area contributed by atoms with Crippen LogP contribution >= 0.6 is 0 Å². The minimum absolute atomic E-state index is 0.0297. The van der Waals surface area contributed by atoms with Crippen LogP contribution in [0, 0.1) is 5.92 Å². The summed E-state index contributed by atoms with van der Waals surface area (Å²) in [6.45, 7) is 2.78. The highest BCUT2D eigenvalue weighted by molar-refractivity contribution is 5.91. The van der Waals surface area contributed by atoms with Crippen molar-refractivity contribution in [3.63, 3.8) is 0 Å². The summed E-state index contributed by atoms with van der Waals surface area (Å²) in [6.07, 6.45) is 4.97. The zero-order valence-electron chi connectivity index (χ0n) is 10.3. The average molecular weight is 236 g/mol. The number of hydrogen-bond acceptors (Lipinski definition) is 3. The lowest BCUT2D eigenvalue weighted by Crippen LogP contribution is -2.38. The van der Waals surface area contributed by atoms with Crippen molar-refractivity contribution in [2.45, 2.75) is 19.3 Å². The fraction of sp³-hybridized carbons (Fsp3) is 0.615. The van der Waals surface area contributed by atoms with Gasteiger partial charge in [-0.05, 0) is 50.9 Å². The van der Waals surface area contributed by atoms with Crippen LogP contribution in [0.15, 0.2) is 22.8 Å². The summed E-state index contributed by atoms with van der Waals surface area (Å²) in [5.41, 5.74) is 0. The second kappa shape index (κ2) is 5.87. The normalized spacial score (nSPS) is 17.4. The van der Waals surface area contributed by atoms with Gasteiger partial charge in [-0.25, -0.2) is 0 Å². The highest BCUT2D eigenvalue weighted by atomic mass is 16.3. The highest BCUT2D eigenvalue weighted by Gasteiger charge is 2.24. The van der Waals surface area contributed by atoms with Crippen molar-refractivity contribution in [2.75, 3.05) is 26.7 Å². The van der Waals surface area contributed by atoms with Gasteiger partial charge in [0.1, 0.15) is 0 Å². The fourth-order valence-electron chi connectivity index (χ4n) is 2.33. The molecule has 4 nitrogen and oxygen atoms in total. The third-order valence-corrected chi connectivity index (χ3v) is 3.44. The lowest BCUT2D eigenvalue weighted by Gasteiger charge is -2.31. The third-order valence-electron chi connectivity index (χ3n) is 3.44. The molecule has 0 radical (unpaired) electrons. The average Bonchev–Trinajstić information content (AvgIpc) is 2.90. The number of amides is 1. The van der Waals surface area contributed by atoms with Gasteiger partial charge in [0.15, 0.2) is 5.76 Å². The van der Waals surface area contributed by atoms with E-state index >= 15 is 0 Å². The quantitative estimate of drug-likeness (QED) is 0.866. The Labute approximate surface area is 102 Å². The number of likely N-dealkylation sites (tertiary alicyclic amines) is 1. The van der Waals surface area contributed by atoms with Crippen LogP contribution in [0.2, 0.25) is 0 Å². The summed E-state index contributed by atoms with van der Waals surface area (Å²) in [6, 6.07) is 3.49. The SMILES string of the molecule is CNCCC1CCN(C(=O)c2ccco2)CC1. The molecule has 0 aliphatic carbocycles. The topological polar surface area (TPSA) is 45.5 Å². The first-order valence-corrected chi connectivity index (χ1v) is 6.28. The minimum atomic E-state index is 0.0297. The Morgan fingerprint density at radius 2 is 2.29 bits per heavy atom. The number of furan rings is 1. The number of rotatable bonds is 4. The summed E-state index contributed by atoms with van der Waals surface area (Å²) in [7, 11) is 1.98. The lowest BCUT2D eigenvalue weighted by molar-refractivity contribution is 0.0655. The van der Waals surface area contributed by atoms with Crippen molar-refractivity contribution in [1.82, 2.24) is 10.2 Å². The van der Waals surface area contributed by atoms with Gasteiger partial charge in [-0.2, -0.15) is 0 Å². The molecule has 2 rings (SSSR count). The molecule has 1 aliphatic heterocycles. The maximum Gasteiger partial charge on any atom is 0.289 e. The van der Waals surface area contributed by atoms with Crippen LogP contribution in [-0.2, 0) is 0 Å². The van der Waals surface area contributed by atoms with E-state index in [4.69, 9.17) is 4.42 Å². The molecule has 1 saturated heterocycles. The van der Waals surface area contributed by atoms with Crippen LogP contribution in [0.5, 0.6) is 0 Å². The molecule has 1 amide bonds. The minimum Gasteiger partial charge on any atom is -0.459 e. The molecule has 0 aromatic carbocycles. The number of hydrogen-bond donors (Lipinski definition) is 1. The van der Waals surface area contributed by atoms with Crippen LogP contribution in [-0.4, -0.2) is 37.5 Å². The number of nitrogens with zero attached hydrogens (tertiary/aromatic N) is 1. The van der Waals surface area contributed by atoms with E-state index in [1.165, 1.54) is 6.42 Å². The predicted octanol–water partition coefficient (Wildman–Crippen LogP) is 1.74. The second-order valence-electron chi connectivity index (χ2n) is 4.61. The van der Waals surface area contributed by atoms with Gasteiger partial charge >= 0.3 is 0 Å². The monoisotopic (exact) mass is 236 g/mol. The van der Waals surface area contributed by atoms with Crippen LogP contribution < -0.4 is 5.32 Å². The summed E-state index contributed by atoms with van der Waals surface area (Å²) in [5, 5.41) is 3.18. The highest BCUT2D eigenvalue weighted by Crippen LogP contribution is 2.21. The van der Waals surface area contributed by atoms with Crippen LogP contribution in [0.4, 0.5) is 0 Å². The van der Waals surface area contributed by atoms with Crippen molar-refractivity contribution in [2.24, 2.45) is 5.92 Å². The Balaban J connectivity index is 1.81. The molecule has 1 fully saturated rings. The Kier molecular flexibility index (Phi) is 4.20. The zero-order chi connectivity index (χ0) is 12.1. The molecular formula is C13H20N2O2. The van der Waals surface area contributed by atoms with Gasteiger partial charge in [-0.15, -0.1) is 0 Å². The van der Waals surface area contributed by atoms with Gasteiger partial charge in [-0.3, -0.25) is 4.79 Å². The van der Waals surface area contributed by atoms with E-state index in [1.54, 1.807) is 18.4 Å². The van der Waals surface area contributed by atoms with Crippen LogP contribution in [0.25, 0.3) is 0 Å². The first kappa shape index (κ1) is 12.2. The number of nitrogens with one attached hydrogen (secondary N) is 1. The van der Waals surface area contributed by atoms with Gasteiger partial charge in [0.2, 0.25) is 0 Å². The van der Waals surface area contributed by atoms with E-state index < -0.39 is 0 Å². The molecule has 2 heterocycles. The molecule has 1 aromatic rings. The standard InChI is InChI=1S/C13H20N2O2/c1-14-7-4-11-5-8-15(9-6-11)13(16)12-3-2-10-17-12/h2-3,10-11,14H,4-9H2,1H3. The second-order valence-corrected chi connectivity index (χ2v) is 4.61. The Hall–Kier alpha value is -1.29. The molecular weight excluding hydrogens is 216 g/mol. The fourth-order valence-corrected chi connectivity index (χ4v) is 2.33. The van der Waals surface area contributed by atoms with E-state index in [-0.39, 0.29) is 5.91 Å². The third kappa shape index (κ3) is 3.09. The Morgan fingerprint density at radius 3 is 2.88 bits per heavy atom. The molecule has 1 aliphatic rings. The van der Waals surface area contributed by atoms with Crippen molar-refractivity contribution in [1.29, 1.82) is 0 Å². The zero-order valence-corrected chi connectivity index (χ0v) is 10.3. The summed E-state index contributed by atoms with van der Waals surface area (Å²) >= 11 is 0. The largest absolute Gasteiger partial charge is 0.459 e. The maximum absolute atomic E-state index is 12.0. The van der Waals surface area contributed by atoms with Crippen molar-refractivity contribution >= 4 is 5.91 Å². The van der Waals surface area contributed by atoms with Crippen LogP contribution in [0.3, 0.4) is 0 Å². The van der Waals surface area contributed by atoms with Crippen molar-refractivity contribution in [3.8, 4) is 0 Å². The Morgan fingerprint density at radius 1 is 1.53 bits per heavy atom. The van der Waals surface area contributed by atoms with Crippen molar-refractivity contribution < 1.29 is 9.21 Å². The molecule has 0 bridgehead atoms. The molecule has 0 unspecified atom stereocenters. The smallest absolute Gasteiger partial charge is 0.289 e. The summed E-state index contributed by atoms with van der Waals surface area (Å²) in [4.78, 5) is 13.9. The first-order chi connectivity index (χ1) is 8.31. The molecule has 1 aromatic heterocycles. The molecule has 0 spiro atoms. The summed E-state index contributed by atoms with van der Waals surface area (Å²) < 4.78 is 5.14. The number of carbonyl (C=O) groups excluding carboxylic acids is 1. The first-order valence-electron chi connectivity index (χ1n) is 6.28. The molecule has 0 atom stereocenters. The van der Waals surface area contributed by atoms with Gasteiger partial charge in [0, 0.05) is 13.1 Å². The van der Waals surface area contributed by atoms with E-state index in [1.807, 2.05) is 11.9 Å². The molecule has 0 saturated carbocycles. The van der Waals surface area contributed by atoms with E-state index in [0.717, 1.165) is 38.4 Å². The van der Waals surface area contributed by atoms with Gasteiger partial charge in [0.05, 0.1) is 6.26 Å². The molecule has 1 N–H and O–H groups in total. The number of piperidine rings is 1. The van der Waals surface area contributed by atoms with Gasteiger partial charge in [-0.1, -0.05) is 0 Å². The molecule has 94 valence electrons. The summed E-state index contributed by atoms with van der Waals surface area (Å²) in [5.74, 6) is 1.24. The lowest BCUT2D eigenvalue weighted by atomic mass is 9.93. The molecule has 17 heavy (non-hydrogen) atoms. The van der Waals surface area contributed by atoms with Gasteiger partial charge < -0.3 is 14.6 Å². The van der Waals surface area contributed by atoms with E-state index in [9.17, 15) is 4.79 Å². The van der Waals surface area contributed by atoms with Crippen LogP contribution in [0.1, 0.15) is 29.8 Å². The van der Waals surface area contributed by atoms with E-state index in [2.05, 4.69) is 5.32 Å². The van der Waals surface area contributed by atoms with Crippen molar-refractivity contribution in [3.05, 3.63) is 24.2 Å². The van der Waals surface area contributed by atoms with E-state index in [0.29, 0.717) is 5.76 Å². The molecule has 4 heteroatoms. The maximum atomic E-state index is 12.0. The number of carbonyl (C=O) groups is 1. The Bertz CT molecular complexity index is 340.